The number of aromatic nitrogens is 1. The molecule has 0 unspecified atom stereocenters. The lowest BCUT2D eigenvalue weighted by Crippen LogP contribution is -2.02. The highest BCUT2D eigenvalue weighted by molar-refractivity contribution is 7.91. The molecule has 0 aliphatic carbocycles. The third-order valence-electron chi connectivity index (χ3n) is 4.34. The Kier molecular flexibility index (Phi) is 5.34. The van der Waals surface area contributed by atoms with Crippen LogP contribution in [0.25, 0.3) is 11.1 Å². The lowest BCUT2D eigenvalue weighted by Gasteiger charge is -2.10. The van der Waals surface area contributed by atoms with Crippen molar-refractivity contribution in [3.8, 4) is 22.8 Å². The Balaban J connectivity index is 1.66. The van der Waals surface area contributed by atoms with Crippen LogP contribution in [0, 0.1) is 0 Å². The molecule has 0 N–H and O–H groups in total. The molecule has 4 aromatic rings. The standard InChI is InChI=1S/C23H16ClNO3S/c24-21-14-13-20(16-22(21)28-23-8-4-5-15-25-23)29(26,27)19-11-9-18(10-12-19)17-6-2-1-3-7-17/h1-16H. The van der Waals surface area contributed by atoms with Gasteiger partial charge in [0.05, 0.1) is 14.8 Å². The van der Waals surface area contributed by atoms with Gasteiger partial charge in [-0.25, -0.2) is 13.4 Å². The van der Waals surface area contributed by atoms with E-state index in [1.54, 1.807) is 48.7 Å². The molecule has 0 aliphatic heterocycles. The van der Waals surface area contributed by atoms with E-state index in [1.165, 1.54) is 18.2 Å². The quantitative estimate of drug-likeness (QED) is 0.395. The van der Waals surface area contributed by atoms with Crippen LogP contribution in [0.5, 0.6) is 11.6 Å². The Labute approximate surface area is 174 Å². The average Bonchev–Trinajstić information content (AvgIpc) is 2.76. The summed E-state index contributed by atoms with van der Waals surface area (Å²) in [5.74, 6) is 0.559. The van der Waals surface area contributed by atoms with E-state index >= 15 is 0 Å². The highest BCUT2D eigenvalue weighted by Gasteiger charge is 2.20. The largest absolute Gasteiger partial charge is 0.437 e. The number of hydrogen-bond acceptors (Lipinski definition) is 4. The van der Waals surface area contributed by atoms with Gasteiger partial charge in [-0.2, -0.15) is 0 Å². The number of hydrogen-bond donors (Lipinski definition) is 0. The van der Waals surface area contributed by atoms with Gasteiger partial charge in [-0.1, -0.05) is 60.1 Å². The minimum Gasteiger partial charge on any atom is -0.437 e. The molecular weight excluding hydrogens is 406 g/mol. The molecule has 4 rings (SSSR count). The van der Waals surface area contributed by atoms with Crippen LogP contribution in [0.3, 0.4) is 0 Å². The topological polar surface area (TPSA) is 56.3 Å². The fourth-order valence-corrected chi connectivity index (χ4v) is 4.27. The van der Waals surface area contributed by atoms with Gasteiger partial charge in [0, 0.05) is 18.3 Å². The maximum absolute atomic E-state index is 13.1. The maximum Gasteiger partial charge on any atom is 0.219 e. The van der Waals surface area contributed by atoms with E-state index in [1.807, 2.05) is 30.3 Å². The molecule has 0 atom stereocenters. The molecule has 1 heterocycles. The van der Waals surface area contributed by atoms with Crippen molar-refractivity contribution in [3.63, 3.8) is 0 Å². The fourth-order valence-electron chi connectivity index (χ4n) is 2.84. The lowest BCUT2D eigenvalue weighted by molar-refractivity contribution is 0.461. The summed E-state index contributed by atoms with van der Waals surface area (Å²) in [5.41, 5.74) is 1.97. The van der Waals surface area contributed by atoms with Crippen molar-refractivity contribution in [1.82, 2.24) is 4.98 Å². The summed E-state index contributed by atoms with van der Waals surface area (Å²) in [6.45, 7) is 0. The van der Waals surface area contributed by atoms with Crippen LogP contribution < -0.4 is 4.74 Å². The summed E-state index contributed by atoms with van der Waals surface area (Å²) in [7, 11) is -3.73. The van der Waals surface area contributed by atoms with Crippen LogP contribution in [0.2, 0.25) is 5.02 Å². The zero-order valence-corrected chi connectivity index (χ0v) is 16.8. The van der Waals surface area contributed by atoms with Crippen LogP contribution in [-0.2, 0) is 9.84 Å². The third kappa shape index (κ3) is 4.16. The van der Waals surface area contributed by atoms with Gasteiger partial charge >= 0.3 is 0 Å². The van der Waals surface area contributed by atoms with Gasteiger partial charge in [-0.15, -0.1) is 0 Å². The first kappa shape index (κ1) is 19.2. The molecule has 0 fully saturated rings. The SMILES string of the molecule is O=S(=O)(c1ccc(-c2ccccc2)cc1)c1ccc(Cl)c(Oc2ccccn2)c1. The second-order valence-corrected chi connectivity index (χ2v) is 8.61. The minimum atomic E-state index is -3.73. The van der Waals surface area contributed by atoms with Crippen LogP contribution in [0.4, 0.5) is 0 Å². The van der Waals surface area contributed by atoms with Crippen molar-refractivity contribution < 1.29 is 13.2 Å². The van der Waals surface area contributed by atoms with Crippen molar-refractivity contribution in [2.24, 2.45) is 0 Å². The summed E-state index contributed by atoms with van der Waals surface area (Å²) in [6.07, 6.45) is 1.58. The predicted octanol–water partition coefficient (Wildman–Crippen LogP) is 6.03. The van der Waals surface area contributed by atoms with Crippen LogP contribution >= 0.6 is 11.6 Å². The molecule has 4 nitrogen and oxygen atoms in total. The van der Waals surface area contributed by atoms with E-state index in [-0.39, 0.29) is 15.5 Å². The summed E-state index contributed by atoms with van der Waals surface area (Å²) in [6, 6.07) is 26.1. The first-order valence-electron chi connectivity index (χ1n) is 8.83. The van der Waals surface area contributed by atoms with Gasteiger partial charge in [0.15, 0.2) is 0 Å². The number of nitrogens with zero attached hydrogens (tertiary/aromatic N) is 1. The van der Waals surface area contributed by atoms with Gasteiger partial charge in [-0.3, -0.25) is 0 Å². The molecular formula is C23H16ClNO3S. The molecule has 3 aromatic carbocycles. The molecule has 0 bridgehead atoms. The zero-order chi connectivity index (χ0) is 20.3. The smallest absolute Gasteiger partial charge is 0.219 e. The third-order valence-corrected chi connectivity index (χ3v) is 6.42. The highest BCUT2D eigenvalue weighted by atomic mass is 35.5. The Morgan fingerprint density at radius 3 is 2.07 bits per heavy atom. The van der Waals surface area contributed by atoms with Gasteiger partial charge in [-0.05, 0) is 41.5 Å². The average molecular weight is 422 g/mol. The molecule has 29 heavy (non-hydrogen) atoms. The number of pyridine rings is 1. The normalized spacial score (nSPS) is 11.2. The summed E-state index contributed by atoms with van der Waals surface area (Å²) in [5, 5.41) is 0.300. The number of halogens is 1. The number of benzene rings is 3. The molecule has 0 amide bonds. The maximum atomic E-state index is 13.1. The van der Waals surface area contributed by atoms with Gasteiger partial charge in [0.25, 0.3) is 0 Å². The molecule has 144 valence electrons. The van der Waals surface area contributed by atoms with Gasteiger partial charge < -0.3 is 4.74 Å². The van der Waals surface area contributed by atoms with E-state index in [0.717, 1.165) is 11.1 Å². The fraction of sp³-hybridized carbons (Fsp3) is 0. The van der Waals surface area contributed by atoms with E-state index < -0.39 is 9.84 Å². The van der Waals surface area contributed by atoms with E-state index in [9.17, 15) is 8.42 Å². The van der Waals surface area contributed by atoms with Crippen molar-refractivity contribution >= 4 is 21.4 Å². The molecule has 0 radical (unpaired) electrons. The van der Waals surface area contributed by atoms with Crippen LogP contribution in [0.1, 0.15) is 0 Å². The van der Waals surface area contributed by atoms with Crippen molar-refractivity contribution in [2.75, 3.05) is 0 Å². The molecule has 6 heteroatoms. The summed E-state index contributed by atoms with van der Waals surface area (Å²) >= 11 is 6.18. The Hall–Kier alpha value is -3.15. The Morgan fingerprint density at radius 1 is 0.724 bits per heavy atom. The van der Waals surface area contributed by atoms with Crippen LogP contribution in [-0.4, -0.2) is 13.4 Å². The molecule has 1 aromatic heterocycles. The van der Waals surface area contributed by atoms with Gasteiger partial charge in [0.2, 0.25) is 15.7 Å². The van der Waals surface area contributed by atoms with E-state index in [4.69, 9.17) is 16.3 Å². The Bertz CT molecular complexity index is 1230. The molecule has 0 spiro atoms. The molecule has 0 saturated heterocycles. The van der Waals surface area contributed by atoms with Gasteiger partial charge in [0.1, 0.15) is 5.75 Å². The number of ether oxygens (including phenoxy) is 1. The molecule has 0 aliphatic rings. The predicted molar refractivity (Wildman–Crippen MR) is 113 cm³/mol. The highest BCUT2D eigenvalue weighted by Crippen LogP contribution is 2.33. The van der Waals surface area contributed by atoms with Crippen molar-refractivity contribution in [2.45, 2.75) is 9.79 Å². The number of sulfone groups is 1. The monoisotopic (exact) mass is 421 g/mol. The number of rotatable bonds is 5. The molecule has 0 saturated carbocycles. The van der Waals surface area contributed by atoms with E-state index in [0.29, 0.717) is 10.9 Å². The summed E-state index contributed by atoms with van der Waals surface area (Å²) in [4.78, 5) is 4.37. The van der Waals surface area contributed by atoms with E-state index in [2.05, 4.69) is 4.98 Å². The zero-order valence-electron chi connectivity index (χ0n) is 15.2. The Morgan fingerprint density at radius 2 is 1.38 bits per heavy atom. The van der Waals surface area contributed by atoms with Crippen molar-refractivity contribution in [3.05, 3.63) is 102 Å². The lowest BCUT2D eigenvalue weighted by atomic mass is 10.1. The minimum absolute atomic E-state index is 0.0975. The summed E-state index contributed by atoms with van der Waals surface area (Å²) < 4.78 is 31.8. The first-order chi connectivity index (χ1) is 14.0. The first-order valence-corrected chi connectivity index (χ1v) is 10.7. The van der Waals surface area contributed by atoms with Crippen molar-refractivity contribution in [1.29, 1.82) is 0 Å². The van der Waals surface area contributed by atoms with Crippen LogP contribution in [0.15, 0.2) is 107 Å². The second-order valence-electron chi connectivity index (χ2n) is 6.26. The second kappa shape index (κ2) is 8.07.